The molecular formula is C26H21F2N3O3. The topological polar surface area (TPSA) is 86.3 Å². The molecule has 6 nitrogen and oxygen atoms in total. The largest absolute Gasteiger partial charge is 0.480 e. The third kappa shape index (κ3) is 5.17. The van der Waals surface area contributed by atoms with E-state index in [1.165, 1.54) is 35.2 Å². The van der Waals surface area contributed by atoms with Crippen molar-refractivity contribution in [2.45, 2.75) is 6.42 Å². The lowest BCUT2D eigenvalue weighted by Gasteiger charge is -2.22. The van der Waals surface area contributed by atoms with Crippen LogP contribution in [0.1, 0.15) is 15.9 Å². The Morgan fingerprint density at radius 1 is 0.941 bits per heavy atom. The van der Waals surface area contributed by atoms with Gasteiger partial charge >= 0.3 is 5.97 Å². The normalized spacial score (nSPS) is 10.8. The van der Waals surface area contributed by atoms with E-state index in [0.29, 0.717) is 17.7 Å². The average molecular weight is 461 g/mol. The lowest BCUT2D eigenvalue weighted by Crippen LogP contribution is -2.37. The van der Waals surface area contributed by atoms with Crippen molar-refractivity contribution in [2.24, 2.45) is 0 Å². The number of aromatic nitrogens is 2. The van der Waals surface area contributed by atoms with Crippen molar-refractivity contribution in [3.05, 3.63) is 102 Å². The molecule has 0 unspecified atom stereocenters. The monoisotopic (exact) mass is 461 g/mol. The minimum atomic E-state index is -1.17. The molecule has 4 aromatic rings. The van der Waals surface area contributed by atoms with Gasteiger partial charge < -0.3 is 10.0 Å². The van der Waals surface area contributed by atoms with Crippen molar-refractivity contribution in [3.8, 4) is 22.5 Å². The lowest BCUT2D eigenvalue weighted by molar-refractivity contribution is -0.137. The molecule has 2 N–H and O–H groups in total. The van der Waals surface area contributed by atoms with E-state index in [-0.39, 0.29) is 29.2 Å². The fourth-order valence-electron chi connectivity index (χ4n) is 3.68. The molecule has 34 heavy (non-hydrogen) atoms. The Kier molecular flexibility index (Phi) is 6.77. The van der Waals surface area contributed by atoms with E-state index in [4.69, 9.17) is 0 Å². The van der Waals surface area contributed by atoms with Gasteiger partial charge in [0.1, 0.15) is 18.2 Å². The zero-order valence-electron chi connectivity index (χ0n) is 18.0. The maximum absolute atomic E-state index is 14.9. The quantitative estimate of drug-likeness (QED) is 0.395. The highest BCUT2D eigenvalue weighted by Gasteiger charge is 2.25. The number of carbonyl (C=O) groups is 2. The third-order valence-corrected chi connectivity index (χ3v) is 5.36. The van der Waals surface area contributed by atoms with Crippen molar-refractivity contribution in [2.75, 3.05) is 13.1 Å². The first-order chi connectivity index (χ1) is 16.4. The summed E-state index contributed by atoms with van der Waals surface area (Å²) in [5, 5.41) is 16.3. The zero-order chi connectivity index (χ0) is 24.1. The summed E-state index contributed by atoms with van der Waals surface area (Å²) in [5.41, 5.74) is 2.25. The van der Waals surface area contributed by atoms with Crippen molar-refractivity contribution < 1.29 is 23.5 Å². The molecule has 0 aliphatic heterocycles. The number of aromatic amines is 1. The van der Waals surface area contributed by atoms with Gasteiger partial charge in [0.25, 0.3) is 5.91 Å². The molecule has 1 heterocycles. The Balaban J connectivity index is 1.66. The van der Waals surface area contributed by atoms with Crippen molar-refractivity contribution in [1.82, 2.24) is 15.1 Å². The fraction of sp³-hybridized carbons (Fsp3) is 0.115. The molecule has 0 spiro atoms. The maximum atomic E-state index is 14.9. The second kappa shape index (κ2) is 10.1. The minimum Gasteiger partial charge on any atom is -0.480 e. The van der Waals surface area contributed by atoms with Gasteiger partial charge in [0.2, 0.25) is 0 Å². The molecule has 172 valence electrons. The van der Waals surface area contributed by atoms with E-state index < -0.39 is 24.2 Å². The molecule has 0 aliphatic carbocycles. The summed E-state index contributed by atoms with van der Waals surface area (Å²) in [6.45, 7) is -0.379. The number of hydrogen-bond acceptors (Lipinski definition) is 3. The van der Waals surface area contributed by atoms with E-state index in [1.54, 1.807) is 18.2 Å². The summed E-state index contributed by atoms with van der Waals surface area (Å²) in [7, 11) is 0. The molecular weight excluding hydrogens is 440 g/mol. The summed E-state index contributed by atoms with van der Waals surface area (Å²) in [4.78, 5) is 26.0. The SMILES string of the molecule is O=C(O)CN(CCc1ccccc1)C(=O)c1cccc(F)c1-c1cc(-c2ccc(F)cc2)[nH]n1. The predicted octanol–water partition coefficient (Wildman–Crippen LogP) is 4.79. The van der Waals surface area contributed by atoms with E-state index in [9.17, 15) is 23.5 Å². The van der Waals surface area contributed by atoms with E-state index in [0.717, 1.165) is 5.56 Å². The standard InChI is InChI=1S/C26H21F2N3O3/c27-19-11-9-18(10-12-19)22-15-23(30-29-22)25-20(7-4-8-21(25)28)26(34)31(16-24(32)33)14-13-17-5-2-1-3-6-17/h1-12,15H,13-14,16H2,(H,29,30)(H,32,33). The summed E-state index contributed by atoms with van der Waals surface area (Å²) in [5.74, 6) is -2.84. The van der Waals surface area contributed by atoms with Crippen molar-refractivity contribution >= 4 is 11.9 Å². The number of H-pyrrole nitrogens is 1. The summed E-state index contributed by atoms with van der Waals surface area (Å²) in [6, 6.07) is 20.7. The Morgan fingerprint density at radius 3 is 2.38 bits per heavy atom. The number of nitrogens with zero attached hydrogens (tertiary/aromatic N) is 2. The Labute approximate surface area is 194 Å². The number of amides is 1. The number of benzene rings is 3. The molecule has 4 rings (SSSR count). The van der Waals surface area contributed by atoms with Crippen LogP contribution in [0.25, 0.3) is 22.5 Å². The second-order valence-corrected chi connectivity index (χ2v) is 7.69. The molecule has 0 radical (unpaired) electrons. The van der Waals surface area contributed by atoms with Gasteiger partial charge in [-0.05, 0) is 60.0 Å². The molecule has 0 fully saturated rings. The summed E-state index contributed by atoms with van der Waals surface area (Å²) < 4.78 is 28.2. The molecule has 1 aromatic heterocycles. The number of carboxylic acid groups (broad SMARTS) is 1. The zero-order valence-corrected chi connectivity index (χ0v) is 18.0. The molecule has 8 heteroatoms. The van der Waals surface area contributed by atoms with E-state index >= 15 is 0 Å². The fourth-order valence-corrected chi connectivity index (χ4v) is 3.68. The van der Waals surface area contributed by atoms with Crippen LogP contribution in [0.4, 0.5) is 8.78 Å². The third-order valence-electron chi connectivity index (χ3n) is 5.36. The Hall–Kier alpha value is -4.33. The van der Waals surface area contributed by atoms with Crippen LogP contribution in [0.3, 0.4) is 0 Å². The van der Waals surface area contributed by atoms with Gasteiger partial charge in [0.15, 0.2) is 0 Å². The predicted molar refractivity (Wildman–Crippen MR) is 123 cm³/mol. The van der Waals surface area contributed by atoms with Crippen LogP contribution < -0.4 is 0 Å². The van der Waals surface area contributed by atoms with Crippen LogP contribution in [0.15, 0.2) is 78.9 Å². The number of hydrogen-bond donors (Lipinski definition) is 2. The van der Waals surface area contributed by atoms with Crippen LogP contribution in [0.5, 0.6) is 0 Å². The highest BCUT2D eigenvalue weighted by atomic mass is 19.1. The van der Waals surface area contributed by atoms with Gasteiger partial charge in [-0.1, -0.05) is 36.4 Å². The number of halogens is 2. The lowest BCUT2D eigenvalue weighted by atomic mass is 10.0. The van der Waals surface area contributed by atoms with Gasteiger partial charge in [-0.2, -0.15) is 5.10 Å². The first-order valence-corrected chi connectivity index (χ1v) is 10.6. The van der Waals surface area contributed by atoms with Crippen LogP contribution in [-0.2, 0) is 11.2 Å². The number of carbonyl (C=O) groups excluding carboxylic acids is 1. The highest BCUT2D eigenvalue weighted by Crippen LogP contribution is 2.30. The molecule has 0 saturated heterocycles. The summed E-state index contributed by atoms with van der Waals surface area (Å²) >= 11 is 0. The van der Waals surface area contributed by atoms with Crippen LogP contribution in [0.2, 0.25) is 0 Å². The van der Waals surface area contributed by atoms with Gasteiger partial charge in [0, 0.05) is 6.54 Å². The van der Waals surface area contributed by atoms with Gasteiger partial charge in [-0.15, -0.1) is 0 Å². The van der Waals surface area contributed by atoms with Crippen molar-refractivity contribution in [3.63, 3.8) is 0 Å². The minimum absolute atomic E-state index is 0.00599. The number of rotatable bonds is 8. The van der Waals surface area contributed by atoms with Crippen LogP contribution >= 0.6 is 0 Å². The second-order valence-electron chi connectivity index (χ2n) is 7.69. The Bertz CT molecular complexity index is 1300. The van der Waals surface area contributed by atoms with Gasteiger partial charge in [-0.25, -0.2) is 8.78 Å². The Morgan fingerprint density at radius 2 is 1.68 bits per heavy atom. The van der Waals surface area contributed by atoms with Crippen LogP contribution in [-0.4, -0.2) is 45.2 Å². The maximum Gasteiger partial charge on any atom is 0.323 e. The highest BCUT2D eigenvalue weighted by molar-refractivity contribution is 6.01. The molecule has 0 saturated carbocycles. The molecule has 1 amide bonds. The smallest absolute Gasteiger partial charge is 0.323 e. The van der Waals surface area contributed by atoms with Crippen molar-refractivity contribution in [1.29, 1.82) is 0 Å². The summed E-state index contributed by atoms with van der Waals surface area (Å²) in [6.07, 6.45) is 0.446. The molecule has 0 atom stereocenters. The average Bonchev–Trinajstić information content (AvgIpc) is 3.32. The number of carboxylic acids is 1. The van der Waals surface area contributed by atoms with Crippen LogP contribution in [0, 0.1) is 11.6 Å². The molecule has 3 aromatic carbocycles. The number of aliphatic carboxylic acids is 1. The number of nitrogens with one attached hydrogen (secondary N) is 1. The molecule has 0 bridgehead atoms. The van der Waals surface area contributed by atoms with Gasteiger partial charge in [-0.3, -0.25) is 14.7 Å². The van der Waals surface area contributed by atoms with E-state index in [1.807, 2.05) is 30.3 Å². The molecule has 0 aliphatic rings. The first-order valence-electron chi connectivity index (χ1n) is 10.6. The van der Waals surface area contributed by atoms with Gasteiger partial charge in [0.05, 0.1) is 22.5 Å². The first kappa shape index (κ1) is 22.8. The van der Waals surface area contributed by atoms with E-state index in [2.05, 4.69) is 10.2 Å².